The van der Waals surface area contributed by atoms with Gasteiger partial charge in [-0.05, 0) is 43.7 Å². The maximum atomic E-state index is 13.1. The van der Waals surface area contributed by atoms with E-state index in [1.807, 2.05) is 6.92 Å². The molecule has 0 atom stereocenters. The number of aryl methyl sites for hydroxylation is 1. The van der Waals surface area contributed by atoms with Gasteiger partial charge in [0, 0.05) is 0 Å². The van der Waals surface area contributed by atoms with Gasteiger partial charge in [0.05, 0.1) is 26.9 Å². The van der Waals surface area contributed by atoms with Crippen LogP contribution in [-0.4, -0.2) is 29.3 Å². The van der Waals surface area contributed by atoms with E-state index in [4.69, 9.17) is 11.6 Å². The van der Waals surface area contributed by atoms with Crippen molar-refractivity contribution in [3.05, 3.63) is 70.0 Å². The Balaban J connectivity index is 1.95. The summed E-state index contributed by atoms with van der Waals surface area (Å²) in [6.45, 7) is 3.27. The van der Waals surface area contributed by atoms with Crippen LogP contribution < -0.4 is 4.72 Å². The van der Waals surface area contributed by atoms with E-state index in [0.29, 0.717) is 16.8 Å². The van der Waals surface area contributed by atoms with E-state index in [2.05, 4.69) is 10.3 Å². The molecule has 0 aliphatic carbocycles. The average molecular weight is 459 g/mol. The minimum Gasteiger partial charge on any atom is -0.266 e. The lowest BCUT2D eigenvalue weighted by Gasteiger charge is -2.13. The van der Waals surface area contributed by atoms with Crippen LogP contribution in [0, 0.1) is 13.8 Å². The van der Waals surface area contributed by atoms with Gasteiger partial charge in [-0.2, -0.15) is 13.2 Å². The number of rotatable bonds is 4. The predicted molar refractivity (Wildman–Crippen MR) is 102 cm³/mol. The lowest BCUT2D eigenvalue weighted by molar-refractivity contribution is -0.139. The van der Waals surface area contributed by atoms with Gasteiger partial charge in [0.2, 0.25) is 0 Å². The van der Waals surface area contributed by atoms with Gasteiger partial charge in [0.1, 0.15) is 0 Å². The highest BCUT2D eigenvalue weighted by Gasteiger charge is 2.37. The van der Waals surface area contributed by atoms with Gasteiger partial charge in [0.25, 0.3) is 15.9 Å². The molecule has 0 aliphatic rings. The largest absolute Gasteiger partial charge is 0.417 e. The van der Waals surface area contributed by atoms with Crippen LogP contribution in [0.15, 0.2) is 47.4 Å². The van der Waals surface area contributed by atoms with Crippen LogP contribution in [0.3, 0.4) is 0 Å². The summed E-state index contributed by atoms with van der Waals surface area (Å²) >= 11 is 6.18. The number of carbonyl (C=O) groups is 1. The normalized spacial score (nSPS) is 12.1. The topological polar surface area (TPSA) is 93.9 Å². The van der Waals surface area contributed by atoms with Gasteiger partial charge in [-0.25, -0.2) is 17.8 Å². The van der Waals surface area contributed by atoms with Crippen molar-refractivity contribution in [2.24, 2.45) is 0 Å². The van der Waals surface area contributed by atoms with E-state index < -0.39 is 32.6 Å². The van der Waals surface area contributed by atoms with Crippen molar-refractivity contribution < 1.29 is 26.4 Å². The zero-order valence-electron chi connectivity index (χ0n) is 15.5. The fourth-order valence-electron chi connectivity index (χ4n) is 2.71. The number of hydrogen-bond donors (Lipinski definition) is 1. The highest BCUT2D eigenvalue weighted by atomic mass is 35.5. The Kier molecular flexibility index (Phi) is 5.61. The van der Waals surface area contributed by atoms with E-state index >= 15 is 0 Å². The lowest BCUT2D eigenvalue weighted by atomic mass is 10.2. The van der Waals surface area contributed by atoms with Gasteiger partial charge >= 0.3 is 6.18 Å². The number of nitrogens with one attached hydrogen (secondary N) is 1. The van der Waals surface area contributed by atoms with Crippen molar-refractivity contribution in [3.8, 4) is 5.69 Å². The summed E-state index contributed by atoms with van der Waals surface area (Å²) in [5.74, 6) is -1.22. The molecule has 1 heterocycles. The van der Waals surface area contributed by atoms with Crippen LogP contribution in [0.1, 0.15) is 27.3 Å². The summed E-state index contributed by atoms with van der Waals surface area (Å²) in [5, 5.41) is 7.78. The molecule has 12 heteroatoms. The number of nitrogens with zero attached hydrogens (tertiary/aromatic N) is 3. The van der Waals surface area contributed by atoms with Gasteiger partial charge in [-0.1, -0.05) is 35.0 Å². The Hall–Kier alpha value is -2.92. The van der Waals surface area contributed by atoms with Gasteiger partial charge in [-0.15, -0.1) is 5.10 Å². The zero-order chi connectivity index (χ0) is 22.3. The minimum atomic E-state index is -4.92. The lowest BCUT2D eigenvalue weighted by Crippen LogP contribution is -2.32. The predicted octanol–water partition coefficient (Wildman–Crippen LogP) is 3.68. The molecular formula is C18H14ClF3N4O3S. The van der Waals surface area contributed by atoms with Crippen molar-refractivity contribution >= 4 is 27.5 Å². The molecule has 7 nitrogen and oxygen atoms in total. The number of amides is 1. The minimum absolute atomic E-state index is 0.151. The van der Waals surface area contributed by atoms with Crippen molar-refractivity contribution in [3.63, 3.8) is 0 Å². The van der Waals surface area contributed by atoms with Crippen LogP contribution in [0.4, 0.5) is 13.2 Å². The summed E-state index contributed by atoms with van der Waals surface area (Å²) in [6, 6.07) is 8.59. The van der Waals surface area contributed by atoms with E-state index in [-0.39, 0.29) is 11.4 Å². The highest BCUT2D eigenvalue weighted by molar-refractivity contribution is 7.90. The third-order valence-corrected chi connectivity index (χ3v) is 5.84. The summed E-state index contributed by atoms with van der Waals surface area (Å²) in [5.41, 5.74) is -0.333. The Morgan fingerprint density at radius 1 is 1.13 bits per heavy atom. The molecule has 0 spiro atoms. The molecule has 0 saturated heterocycles. The quantitative estimate of drug-likeness (QED) is 0.643. The van der Waals surface area contributed by atoms with Gasteiger partial charge in [-0.3, -0.25) is 4.79 Å². The first-order chi connectivity index (χ1) is 13.9. The second-order valence-electron chi connectivity index (χ2n) is 6.32. The monoisotopic (exact) mass is 458 g/mol. The molecular weight excluding hydrogens is 445 g/mol. The van der Waals surface area contributed by atoms with Crippen molar-refractivity contribution in [2.75, 3.05) is 0 Å². The molecule has 0 bridgehead atoms. The molecule has 0 fully saturated rings. The standard InChI is InChI=1S/C18H14ClF3N4O3S/c1-10-7-8-14(13(19)9-10)26-11(2)16(23-25-26)17(27)24-30(28,29)15-6-4-3-5-12(15)18(20,21)22/h3-9H,1-2H3,(H,24,27). The molecule has 0 aliphatic heterocycles. The molecule has 2 aromatic carbocycles. The molecule has 3 aromatic rings. The SMILES string of the molecule is Cc1ccc(-n2nnc(C(=O)NS(=O)(=O)c3ccccc3C(F)(F)F)c2C)c(Cl)c1. The second kappa shape index (κ2) is 7.73. The number of aromatic nitrogens is 3. The fourth-order valence-corrected chi connectivity index (χ4v) is 4.21. The van der Waals surface area contributed by atoms with E-state index in [1.165, 1.54) is 11.6 Å². The fraction of sp³-hybridized carbons (Fsp3) is 0.167. The van der Waals surface area contributed by atoms with Gasteiger partial charge < -0.3 is 0 Å². The molecule has 158 valence electrons. The summed E-state index contributed by atoms with van der Waals surface area (Å²) in [6.07, 6.45) is -4.92. The Bertz CT molecular complexity index is 1240. The van der Waals surface area contributed by atoms with E-state index in [0.717, 1.165) is 23.8 Å². The number of carbonyl (C=O) groups excluding carboxylic acids is 1. The van der Waals surface area contributed by atoms with Crippen LogP contribution in [-0.2, 0) is 16.2 Å². The van der Waals surface area contributed by atoms with Crippen LogP contribution in [0.5, 0.6) is 0 Å². The zero-order valence-corrected chi connectivity index (χ0v) is 17.1. The van der Waals surface area contributed by atoms with Crippen LogP contribution >= 0.6 is 11.6 Å². The third-order valence-electron chi connectivity index (χ3n) is 4.15. The second-order valence-corrected chi connectivity index (χ2v) is 8.38. The summed E-state index contributed by atoms with van der Waals surface area (Å²) in [4.78, 5) is 11.4. The maximum Gasteiger partial charge on any atom is 0.417 e. The van der Waals surface area contributed by atoms with Crippen molar-refractivity contribution in [1.82, 2.24) is 19.7 Å². The number of alkyl halides is 3. The molecule has 0 unspecified atom stereocenters. The maximum absolute atomic E-state index is 13.1. The molecule has 30 heavy (non-hydrogen) atoms. The Morgan fingerprint density at radius 3 is 2.43 bits per heavy atom. The van der Waals surface area contributed by atoms with Crippen molar-refractivity contribution in [2.45, 2.75) is 24.9 Å². The number of benzene rings is 2. The Morgan fingerprint density at radius 2 is 1.80 bits per heavy atom. The molecule has 1 amide bonds. The first-order valence-corrected chi connectivity index (χ1v) is 10.2. The first-order valence-electron chi connectivity index (χ1n) is 8.34. The van der Waals surface area contributed by atoms with E-state index in [9.17, 15) is 26.4 Å². The molecule has 0 radical (unpaired) electrons. The van der Waals surface area contributed by atoms with Crippen LogP contribution in [0.2, 0.25) is 5.02 Å². The van der Waals surface area contributed by atoms with E-state index in [1.54, 1.807) is 22.9 Å². The summed E-state index contributed by atoms with van der Waals surface area (Å²) < 4.78 is 67.2. The molecule has 1 N–H and O–H groups in total. The molecule has 1 aromatic heterocycles. The van der Waals surface area contributed by atoms with Gasteiger partial charge in [0.15, 0.2) is 5.69 Å². The number of sulfonamides is 1. The Labute approximate surface area is 174 Å². The number of hydrogen-bond acceptors (Lipinski definition) is 5. The smallest absolute Gasteiger partial charge is 0.266 e. The summed E-state index contributed by atoms with van der Waals surface area (Å²) in [7, 11) is -4.83. The average Bonchev–Trinajstić information content (AvgIpc) is 3.02. The number of halogens is 4. The molecule has 3 rings (SSSR count). The molecule has 0 saturated carbocycles. The van der Waals surface area contributed by atoms with Crippen LogP contribution in [0.25, 0.3) is 5.69 Å². The highest BCUT2D eigenvalue weighted by Crippen LogP contribution is 2.34. The third kappa shape index (κ3) is 4.17. The van der Waals surface area contributed by atoms with Crippen molar-refractivity contribution in [1.29, 1.82) is 0 Å². The first kappa shape index (κ1) is 21.8.